The molecule has 0 aromatic heterocycles. The Morgan fingerprint density at radius 2 is 1.28 bits per heavy atom. The summed E-state index contributed by atoms with van der Waals surface area (Å²) >= 11 is 0. The summed E-state index contributed by atoms with van der Waals surface area (Å²) in [6, 6.07) is 19.6. The predicted octanol–water partition coefficient (Wildman–Crippen LogP) is 5.33. The Morgan fingerprint density at radius 1 is 0.722 bits per heavy atom. The molecule has 0 atom stereocenters. The molecule has 0 aliphatic rings. The summed E-state index contributed by atoms with van der Waals surface area (Å²) in [4.78, 5) is 0. The Labute approximate surface area is 111 Å². The van der Waals surface area contributed by atoms with Crippen molar-refractivity contribution in [1.29, 1.82) is 0 Å². The molecule has 0 unspecified atom stereocenters. The molecule has 0 fully saturated rings. The fourth-order valence-corrected chi connectivity index (χ4v) is 2.37. The molecule has 2 aromatic rings. The first-order chi connectivity index (χ1) is 8.83. The predicted molar refractivity (Wildman–Crippen MR) is 79.7 cm³/mol. The van der Waals surface area contributed by atoms with E-state index in [2.05, 4.69) is 68.4 Å². The van der Waals surface area contributed by atoms with E-state index in [1.54, 1.807) is 0 Å². The third-order valence-electron chi connectivity index (χ3n) is 3.74. The second-order valence-corrected chi connectivity index (χ2v) is 4.95. The van der Waals surface area contributed by atoms with Crippen molar-refractivity contribution in [3.05, 3.63) is 60.2 Å². The van der Waals surface area contributed by atoms with E-state index in [0.29, 0.717) is 0 Å². The quantitative estimate of drug-likeness (QED) is 0.660. The Bertz CT molecular complexity index is 449. The molecule has 18 heavy (non-hydrogen) atoms. The highest BCUT2D eigenvalue weighted by Gasteiger charge is 2.05. The third-order valence-corrected chi connectivity index (χ3v) is 3.74. The number of benzene rings is 2. The standard InChI is InChI=1S/C18H22/c1-3-15(4-2)14-16-10-12-18(13-11-16)17-8-6-5-7-9-17/h5-13,15H,3-4,14H2,1-2H3. The first-order valence-corrected chi connectivity index (χ1v) is 6.97. The average molecular weight is 238 g/mol. The van der Waals surface area contributed by atoms with Crippen LogP contribution in [0.1, 0.15) is 32.3 Å². The van der Waals surface area contributed by atoms with Gasteiger partial charge in [-0.25, -0.2) is 0 Å². The molecule has 0 heteroatoms. The molecule has 0 aliphatic carbocycles. The van der Waals surface area contributed by atoms with Crippen LogP contribution in [0.25, 0.3) is 11.1 Å². The molecule has 0 saturated heterocycles. The second kappa shape index (κ2) is 6.39. The van der Waals surface area contributed by atoms with Gasteiger partial charge in [-0.2, -0.15) is 0 Å². The van der Waals surface area contributed by atoms with E-state index in [1.165, 1.54) is 36.0 Å². The summed E-state index contributed by atoms with van der Waals surface area (Å²) in [7, 11) is 0. The molecular weight excluding hydrogens is 216 g/mol. The van der Waals surface area contributed by atoms with Gasteiger partial charge in [-0.1, -0.05) is 81.3 Å². The van der Waals surface area contributed by atoms with E-state index in [0.717, 1.165) is 5.92 Å². The SMILES string of the molecule is CCC(CC)Cc1ccc(-c2ccccc2)cc1. The monoisotopic (exact) mass is 238 g/mol. The van der Waals surface area contributed by atoms with Crippen LogP contribution in [0.4, 0.5) is 0 Å². The molecule has 0 heterocycles. The van der Waals surface area contributed by atoms with Gasteiger partial charge in [0.25, 0.3) is 0 Å². The summed E-state index contributed by atoms with van der Waals surface area (Å²) in [5.74, 6) is 0.826. The van der Waals surface area contributed by atoms with Crippen LogP contribution in [0.3, 0.4) is 0 Å². The highest BCUT2D eigenvalue weighted by molar-refractivity contribution is 5.63. The molecule has 94 valence electrons. The molecule has 0 bridgehead atoms. The highest BCUT2D eigenvalue weighted by atomic mass is 14.1. The van der Waals surface area contributed by atoms with Gasteiger partial charge in [0.1, 0.15) is 0 Å². The van der Waals surface area contributed by atoms with E-state index < -0.39 is 0 Å². The molecule has 2 aromatic carbocycles. The van der Waals surface area contributed by atoms with Gasteiger partial charge in [-0.15, -0.1) is 0 Å². The van der Waals surface area contributed by atoms with Crippen LogP contribution < -0.4 is 0 Å². The van der Waals surface area contributed by atoms with Crippen molar-refractivity contribution in [1.82, 2.24) is 0 Å². The maximum Gasteiger partial charge on any atom is -0.0184 e. The van der Waals surface area contributed by atoms with Crippen molar-refractivity contribution in [2.75, 3.05) is 0 Å². The zero-order chi connectivity index (χ0) is 12.8. The van der Waals surface area contributed by atoms with Crippen molar-refractivity contribution < 1.29 is 0 Å². The fraction of sp³-hybridized carbons (Fsp3) is 0.333. The minimum Gasteiger partial charge on any atom is -0.0651 e. The lowest BCUT2D eigenvalue weighted by Gasteiger charge is -2.12. The van der Waals surface area contributed by atoms with E-state index in [-0.39, 0.29) is 0 Å². The molecule has 0 nitrogen and oxygen atoms in total. The van der Waals surface area contributed by atoms with Gasteiger partial charge in [0.2, 0.25) is 0 Å². The van der Waals surface area contributed by atoms with Gasteiger partial charge >= 0.3 is 0 Å². The Balaban J connectivity index is 2.11. The zero-order valence-electron chi connectivity index (χ0n) is 11.4. The molecular formula is C18H22. The molecule has 0 radical (unpaired) electrons. The van der Waals surface area contributed by atoms with Crippen LogP contribution in [-0.2, 0) is 6.42 Å². The molecule has 0 aliphatic heterocycles. The molecule has 0 N–H and O–H groups in total. The summed E-state index contributed by atoms with van der Waals surface area (Å²) in [5, 5.41) is 0. The van der Waals surface area contributed by atoms with Gasteiger partial charge in [0.15, 0.2) is 0 Å². The Morgan fingerprint density at radius 3 is 1.83 bits per heavy atom. The van der Waals surface area contributed by atoms with Gasteiger partial charge in [0, 0.05) is 0 Å². The smallest absolute Gasteiger partial charge is 0.0184 e. The summed E-state index contributed by atoms with van der Waals surface area (Å²) in [6.07, 6.45) is 3.76. The Kier molecular flexibility index (Phi) is 4.58. The third kappa shape index (κ3) is 3.22. The van der Waals surface area contributed by atoms with Gasteiger partial charge in [0.05, 0.1) is 0 Å². The largest absolute Gasteiger partial charge is 0.0651 e. The van der Waals surface area contributed by atoms with Gasteiger partial charge in [-0.05, 0) is 29.0 Å². The number of rotatable bonds is 5. The van der Waals surface area contributed by atoms with E-state index in [9.17, 15) is 0 Å². The van der Waals surface area contributed by atoms with Crippen LogP contribution in [-0.4, -0.2) is 0 Å². The van der Waals surface area contributed by atoms with Crippen LogP contribution in [0.2, 0.25) is 0 Å². The van der Waals surface area contributed by atoms with Crippen molar-refractivity contribution in [3.8, 4) is 11.1 Å². The molecule has 0 amide bonds. The summed E-state index contributed by atoms with van der Waals surface area (Å²) < 4.78 is 0. The lowest BCUT2D eigenvalue weighted by molar-refractivity contribution is 0.490. The maximum atomic E-state index is 2.28. The fourth-order valence-electron chi connectivity index (χ4n) is 2.37. The minimum atomic E-state index is 0.826. The molecule has 0 spiro atoms. The molecule has 2 rings (SSSR count). The van der Waals surface area contributed by atoms with Crippen molar-refractivity contribution >= 4 is 0 Å². The van der Waals surface area contributed by atoms with Crippen LogP contribution in [0, 0.1) is 5.92 Å². The normalized spacial score (nSPS) is 10.8. The van der Waals surface area contributed by atoms with Crippen LogP contribution in [0.15, 0.2) is 54.6 Å². The summed E-state index contributed by atoms with van der Waals surface area (Å²) in [6.45, 7) is 4.57. The van der Waals surface area contributed by atoms with Crippen molar-refractivity contribution in [2.24, 2.45) is 5.92 Å². The van der Waals surface area contributed by atoms with Crippen LogP contribution in [0.5, 0.6) is 0 Å². The topological polar surface area (TPSA) is 0 Å². The Hall–Kier alpha value is -1.56. The maximum absolute atomic E-state index is 2.28. The number of hydrogen-bond acceptors (Lipinski definition) is 0. The first kappa shape index (κ1) is 12.9. The highest BCUT2D eigenvalue weighted by Crippen LogP contribution is 2.21. The van der Waals surface area contributed by atoms with Crippen molar-refractivity contribution in [2.45, 2.75) is 33.1 Å². The number of hydrogen-bond donors (Lipinski definition) is 0. The van der Waals surface area contributed by atoms with Crippen molar-refractivity contribution in [3.63, 3.8) is 0 Å². The zero-order valence-corrected chi connectivity index (χ0v) is 11.4. The minimum absolute atomic E-state index is 0.826. The van der Waals surface area contributed by atoms with Gasteiger partial charge in [-0.3, -0.25) is 0 Å². The molecule has 0 saturated carbocycles. The summed E-state index contributed by atoms with van der Waals surface area (Å²) in [5.41, 5.74) is 4.07. The van der Waals surface area contributed by atoms with E-state index in [1.807, 2.05) is 0 Å². The van der Waals surface area contributed by atoms with Crippen LogP contribution >= 0.6 is 0 Å². The lowest BCUT2D eigenvalue weighted by Crippen LogP contribution is -2.01. The lowest BCUT2D eigenvalue weighted by atomic mass is 9.93. The second-order valence-electron chi connectivity index (χ2n) is 4.95. The van der Waals surface area contributed by atoms with E-state index >= 15 is 0 Å². The first-order valence-electron chi connectivity index (χ1n) is 6.97. The average Bonchev–Trinajstić information content (AvgIpc) is 2.46. The van der Waals surface area contributed by atoms with E-state index in [4.69, 9.17) is 0 Å². The van der Waals surface area contributed by atoms with Gasteiger partial charge < -0.3 is 0 Å².